The number of allylic oxidation sites excluding steroid dienone is 1. The molecule has 7 nitrogen and oxygen atoms in total. The Morgan fingerprint density at radius 3 is 2.43 bits per heavy atom. The molecule has 23 heavy (non-hydrogen) atoms. The highest BCUT2D eigenvalue weighted by atomic mass is 32.2. The van der Waals surface area contributed by atoms with Crippen molar-refractivity contribution >= 4 is 27.6 Å². The maximum absolute atomic E-state index is 12.2. The molecule has 2 N–H and O–H groups in total. The number of aromatic nitrogens is 2. The van der Waals surface area contributed by atoms with Crippen molar-refractivity contribution in [2.75, 3.05) is 10.0 Å². The van der Waals surface area contributed by atoms with Crippen LogP contribution >= 0.6 is 0 Å². The normalized spacial score (nSPS) is 10.8. The summed E-state index contributed by atoms with van der Waals surface area (Å²) in [6, 6.07) is 7.42. The number of anilines is 2. The molecular weight excluding hydrogens is 316 g/mol. The van der Waals surface area contributed by atoms with E-state index in [0.717, 1.165) is 0 Å². The molecule has 1 heterocycles. The lowest BCUT2D eigenvalue weighted by atomic mass is 10.2. The van der Waals surface area contributed by atoms with E-state index in [0.29, 0.717) is 18.5 Å². The predicted molar refractivity (Wildman–Crippen MR) is 87.3 cm³/mol. The summed E-state index contributed by atoms with van der Waals surface area (Å²) in [5.74, 6) is -0.161. The molecule has 0 aliphatic rings. The van der Waals surface area contributed by atoms with Gasteiger partial charge in [-0.05, 0) is 36.8 Å². The average Bonchev–Trinajstić information content (AvgIpc) is 2.54. The quantitative estimate of drug-likeness (QED) is 0.757. The Labute approximate surface area is 134 Å². The molecule has 0 unspecified atom stereocenters. The molecule has 0 saturated carbocycles. The second-order valence-corrected chi connectivity index (χ2v) is 6.26. The van der Waals surface area contributed by atoms with Crippen molar-refractivity contribution in [1.82, 2.24) is 9.97 Å². The van der Waals surface area contributed by atoms with Crippen molar-refractivity contribution in [2.45, 2.75) is 17.7 Å². The molecule has 0 fully saturated rings. The van der Waals surface area contributed by atoms with Crippen LogP contribution in [-0.4, -0.2) is 24.3 Å². The molecule has 0 saturated heterocycles. The lowest BCUT2D eigenvalue weighted by Gasteiger charge is -2.08. The Bertz CT molecular complexity index is 774. The molecule has 0 aliphatic heterocycles. The van der Waals surface area contributed by atoms with Crippen molar-refractivity contribution in [3.63, 3.8) is 0 Å². The van der Waals surface area contributed by atoms with Crippen molar-refractivity contribution in [3.8, 4) is 0 Å². The van der Waals surface area contributed by atoms with Gasteiger partial charge in [0, 0.05) is 24.5 Å². The van der Waals surface area contributed by atoms with Gasteiger partial charge in [0.05, 0.1) is 4.90 Å². The van der Waals surface area contributed by atoms with Crippen molar-refractivity contribution in [2.24, 2.45) is 0 Å². The smallest absolute Gasteiger partial charge is 0.264 e. The van der Waals surface area contributed by atoms with Gasteiger partial charge < -0.3 is 5.32 Å². The summed E-state index contributed by atoms with van der Waals surface area (Å²) >= 11 is 0. The number of nitrogens with zero attached hydrogens (tertiary/aromatic N) is 2. The lowest BCUT2D eigenvalue weighted by Crippen LogP contribution is -2.15. The first-order valence-electron chi connectivity index (χ1n) is 6.82. The van der Waals surface area contributed by atoms with E-state index in [1.807, 2.05) is 0 Å². The maximum Gasteiger partial charge on any atom is 0.264 e. The second-order valence-electron chi connectivity index (χ2n) is 4.58. The Balaban J connectivity index is 2.06. The zero-order valence-corrected chi connectivity index (χ0v) is 13.1. The molecule has 1 aromatic heterocycles. The van der Waals surface area contributed by atoms with Crippen molar-refractivity contribution < 1.29 is 13.2 Å². The van der Waals surface area contributed by atoms with Crippen LogP contribution in [0.15, 0.2) is 60.3 Å². The minimum Gasteiger partial charge on any atom is -0.326 e. The van der Waals surface area contributed by atoms with Gasteiger partial charge in [0.2, 0.25) is 11.9 Å². The molecule has 0 aliphatic carbocycles. The van der Waals surface area contributed by atoms with Gasteiger partial charge >= 0.3 is 0 Å². The van der Waals surface area contributed by atoms with Gasteiger partial charge in [-0.15, -0.1) is 6.58 Å². The fourth-order valence-corrected chi connectivity index (χ4v) is 2.66. The number of hydrogen-bond acceptors (Lipinski definition) is 5. The maximum atomic E-state index is 12.2. The third kappa shape index (κ3) is 4.89. The number of carbonyl (C=O) groups is 1. The van der Waals surface area contributed by atoms with E-state index in [4.69, 9.17) is 0 Å². The average molecular weight is 332 g/mol. The monoisotopic (exact) mass is 332 g/mol. The summed E-state index contributed by atoms with van der Waals surface area (Å²) in [6.45, 7) is 3.55. The molecule has 0 spiro atoms. The van der Waals surface area contributed by atoms with Crippen LogP contribution in [0.1, 0.15) is 12.8 Å². The van der Waals surface area contributed by atoms with E-state index in [1.165, 1.54) is 36.7 Å². The second kappa shape index (κ2) is 7.50. The van der Waals surface area contributed by atoms with E-state index in [2.05, 4.69) is 26.6 Å². The van der Waals surface area contributed by atoms with Crippen LogP contribution in [0.5, 0.6) is 0 Å². The molecule has 0 radical (unpaired) electrons. The summed E-state index contributed by atoms with van der Waals surface area (Å²) < 4.78 is 26.6. The fourth-order valence-electron chi connectivity index (χ4n) is 1.70. The minimum absolute atomic E-state index is 0.00527. The molecule has 0 bridgehead atoms. The first kappa shape index (κ1) is 16.6. The van der Waals surface area contributed by atoms with Crippen LogP contribution in [0.3, 0.4) is 0 Å². The van der Waals surface area contributed by atoms with Gasteiger partial charge in [-0.25, -0.2) is 23.1 Å². The van der Waals surface area contributed by atoms with Crippen LogP contribution in [0, 0.1) is 0 Å². The molecule has 8 heteroatoms. The first-order chi connectivity index (χ1) is 11.0. The number of sulfonamides is 1. The topological polar surface area (TPSA) is 101 Å². The number of hydrogen-bond donors (Lipinski definition) is 2. The van der Waals surface area contributed by atoms with E-state index in [-0.39, 0.29) is 16.8 Å². The number of rotatable bonds is 7. The van der Waals surface area contributed by atoms with Crippen molar-refractivity contribution in [1.29, 1.82) is 0 Å². The Morgan fingerprint density at radius 1 is 1.17 bits per heavy atom. The molecule has 120 valence electrons. The zero-order chi connectivity index (χ0) is 16.7. The molecule has 1 amide bonds. The minimum atomic E-state index is -3.77. The van der Waals surface area contributed by atoms with E-state index in [9.17, 15) is 13.2 Å². The highest BCUT2D eigenvalue weighted by Gasteiger charge is 2.15. The van der Waals surface area contributed by atoms with Gasteiger partial charge in [0.25, 0.3) is 10.0 Å². The van der Waals surface area contributed by atoms with Crippen LogP contribution in [0.2, 0.25) is 0 Å². The van der Waals surface area contributed by atoms with Crippen LogP contribution in [0.4, 0.5) is 11.6 Å². The van der Waals surface area contributed by atoms with E-state index in [1.54, 1.807) is 12.1 Å². The first-order valence-corrected chi connectivity index (χ1v) is 8.30. The zero-order valence-electron chi connectivity index (χ0n) is 12.3. The summed E-state index contributed by atoms with van der Waals surface area (Å²) in [4.78, 5) is 19.3. The lowest BCUT2D eigenvalue weighted by molar-refractivity contribution is -0.116. The molecular formula is C15H16N4O3S. The van der Waals surface area contributed by atoms with E-state index >= 15 is 0 Å². The van der Waals surface area contributed by atoms with Gasteiger partial charge in [-0.2, -0.15) is 0 Å². The highest BCUT2D eigenvalue weighted by Crippen LogP contribution is 2.16. The largest absolute Gasteiger partial charge is 0.326 e. The summed E-state index contributed by atoms with van der Waals surface area (Å²) in [5, 5.41) is 2.68. The third-order valence-corrected chi connectivity index (χ3v) is 4.16. The fraction of sp³-hybridized carbons (Fsp3) is 0.133. The molecule has 1 aromatic carbocycles. The van der Waals surface area contributed by atoms with Crippen LogP contribution in [0.25, 0.3) is 0 Å². The molecule has 0 atom stereocenters. The summed E-state index contributed by atoms with van der Waals surface area (Å²) in [7, 11) is -3.77. The Hall–Kier alpha value is -2.74. The third-order valence-electron chi connectivity index (χ3n) is 2.82. The Morgan fingerprint density at radius 2 is 1.83 bits per heavy atom. The number of carbonyl (C=O) groups excluding carboxylic acids is 1. The van der Waals surface area contributed by atoms with Gasteiger partial charge in [0.15, 0.2) is 0 Å². The predicted octanol–water partition coefficient (Wildman–Crippen LogP) is 2.18. The SMILES string of the molecule is C=CCCC(=O)Nc1ccc(S(=O)(=O)Nc2ncccn2)cc1. The van der Waals surface area contributed by atoms with Gasteiger partial charge in [0.1, 0.15) is 0 Å². The van der Waals surface area contributed by atoms with Crippen LogP contribution in [-0.2, 0) is 14.8 Å². The standard InChI is InChI=1S/C15H16N4O3S/c1-2-3-5-14(20)18-12-6-8-13(9-7-12)23(21,22)19-15-16-10-4-11-17-15/h2,4,6-11H,1,3,5H2,(H,18,20)(H,16,17,19). The number of nitrogens with one attached hydrogen (secondary N) is 2. The summed E-state index contributed by atoms with van der Waals surface area (Å²) in [6.07, 6.45) is 5.45. The molecule has 2 aromatic rings. The van der Waals surface area contributed by atoms with Gasteiger partial charge in [-0.1, -0.05) is 6.08 Å². The number of benzene rings is 1. The van der Waals surface area contributed by atoms with Gasteiger partial charge in [-0.3, -0.25) is 4.79 Å². The molecule has 2 rings (SSSR count). The summed E-state index contributed by atoms with van der Waals surface area (Å²) in [5.41, 5.74) is 0.522. The highest BCUT2D eigenvalue weighted by molar-refractivity contribution is 7.92. The van der Waals surface area contributed by atoms with Crippen molar-refractivity contribution in [3.05, 3.63) is 55.4 Å². The Kier molecular flexibility index (Phi) is 5.42. The van der Waals surface area contributed by atoms with E-state index < -0.39 is 10.0 Å². The number of amides is 1. The van der Waals surface area contributed by atoms with Crippen LogP contribution < -0.4 is 10.0 Å².